The number of phenols is 1. The van der Waals surface area contributed by atoms with Crippen LogP contribution in [0.3, 0.4) is 0 Å². The molecule has 404 valence electrons. The molecule has 8 atom stereocenters. The number of aliphatic imine (C=N–C) groups is 1. The molecule has 1 aliphatic heterocycles. The van der Waals surface area contributed by atoms with Crippen molar-refractivity contribution in [3.8, 4) is 5.75 Å². The van der Waals surface area contributed by atoms with Gasteiger partial charge in [-0.05, 0) is 49.4 Å². The standard InChI is InChI=1S/C45H65N15O12S2/c1-23(37(65)54-28(9-6-16-52-45(50)51)39(67)53-20-36(49)64)60(2)44(72)33-22-74-73-21-27(46)38(66)56-30(18-25-10-12-26(61)13-11-25)42(70)57-31(17-24-7-4-3-5-8-24)41(69)55-29(14-15-34(47)62)40(68)58-32(19-35(48)63)43(71)59-33/h3-5,7-8,10-13,23,27-33,61H,6,9,14-22,46H2,1-2H3,(H2,47,62)(H2,48,63)(H2,49,64)(H,53,67)(H,54,65)(H,55,69)(H,56,66)(H,57,70)(H,58,68)(H,59,71)(H4,50,51,52)/t23-,27-,28-,29-,30-,31+,32+,33+/m1/s1. The van der Waals surface area contributed by atoms with Crippen molar-refractivity contribution in [3.63, 3.8) is 0 Å². The number of nitrogens with two attached hydrogens (primary N) is 6. The van der Waals surface area contributed by atoms with Crippen molar-refractivity contribution in [2.75, 3.05) is 31.6 Å². The van der Waals surface area contributed by atoms with Gasteiger partial charge in [-0.2, -0.15) is 0 Å². The van der Waals surface area contributed by atoms with E-state index in [0.29, 0.717) is 11.1 Å². The van der Waals surface area contributed by atoms with E-state index < -0.39 is 139 Å². The number of benzene rings is 2. The molecule has 0 aromatic heterocycles. The van der Waals surface area contributed by atoms with Gasteiger partial charge in [-0.15, -0.1) is 0 Å². The lowest BCUT2D eigenvalue weighted by Crippen LogP contribution is -2.61. The maximum Gasteiger partial charge on any atom is 0.246 e. The zero-order valence-corrected chi connectivity index (χ0v) is 42.3. The fraction of sp³-hybridized carbons (Fsp3) is 0.467. The Balaban J connectivity index is 2.05. The average Bonchev–Trinajstić information content (AvgIpc) is 3.34. The molecule has 29 heteroatoms. The van der Waals surface area contributed by atoms with Crippen LogP contribution in [0.25, 0.3) is 0 Å². The van der Waals surface area contributed by atoms with E-state index >= 15 is 0 Å². The maximum absolute atomic E-state index is 14.3. The molecule has 0 saturated carbocycles. The van der Waals surface area contributed by atoms with Crippen LogP contribution < -0.4 is 71.6 Å². The highest BCUT2D eigenvalue weighted by Gasteiger charge is 2.36. The molecule has 1 heterocycles. The SMILES string of the molecule is C[C@H](C(=O)N[C@H](CCCN=C(N)N)C(=O)NCC(N)=O)N(C)C(=O)[C@@H]1CSSC[C@@H](N)C(=O)N[C@H](Cc2ccc(O)cc2)C(=O)N[C@@H](Cc2ccccc2)C(=O)N[C@H](CCC(N)=O)C(=O)N[C@@H](CC(N)=O)C(=O)N1. The zero-order valence-electron chi connectivity index (χ0n) is 40.7. The Morgan fingerprint density at radius 3 is 1.82 bits per heavy atom. The van der Waals surface area contributed by atoms with E-state index in [1.165, 1.54) is 38.2 Å². The zero-order chi connectivity index (χ0) is 55.1. The van der Waals surface area contributed by atoms with Gasteiger partial charge < -0.3 is 81.6 Å². The normalized spacial score (nSPS) is 21.0. The molecule has 2 aromatic carbocycles. The summed E-state index contributed by atoms with van der Waals surface area (Å²) in [5.74, 6) is -10.9. The van der Waals surface area contributed by atoms with Gasteiger partial charge in [0, 0.05) is 44.4 Å². The molecule has 0 bridgehead atoms. The van der Waals surface area contributed by atoms with Gasteiger partial charge in [-0.3, -0.25) is 57.7 Å². The summed E-state index contributed by atoms with van der Waals surface area (Å²) in [5.41, 5.74) is 34.2. The summed E-state index contributed by atoms with van der Waals surface area (Å²) >= 11 is 0. The Kier molecular flexibility index (Phi) is 24.9. The van der Waals surface area contributed by atoms with Crippen molar-refractivity contribution < 1.29 is 57.8 Å². The first-order valence-electron chi connectivity index (χ1n) is 23.0. The minimum Gasteiger partial charge on any atom is -0.508 e. The first-order valence-corrected chi connectivity index (χ1v) is 25.5. The summed E-state index contributed by atoms with van der Waals surface area (Å²) in [7, 11) is 3.16. The quantitative estimate of drug-likeness (QED) is 0.0254. The number of hydrogen-bond acceptors (Lipinski definition) is 16. The van der Waals surface area contributed by atoms with E-state index in [1.807, 2.05) is 0 Å². The maximum atomic E-state index is 14.3. The second kappa shape index (κ2) is 30.4. The molecule has 2 aromatic rings. The van der Waals surface area contributed by atoms with E-state index in [0.717, 1.165) is 26.5 Å². The molecule has 74 heavy (non-hydrogen) atoms. The number of nitrogens with zero attached hydrogens (tertiary/aromatic N) is 2. The second-order valence-electron chi connectivity index (χ2n) is 17.0. The molecule has 0 aliphatic carbocycles. The van der Waals surface area contributed by atoms with Crippen LogP contribution in [-0.4, -0.2) is 161 Å². The van der Waals surface area contributed by atoms with Gasteiger partial charge in [0.1, 0.15) is 48.0 Å². The van der Waals surface area contributed by atoms with Crippen LogP contribution >= 0.6 is 21.6 Å². The van der Waals surface area contributed by atoms with E-state index in [4.69, 9.17) is 34.4 Å². The Morgan fingerprint density at radius 2 is 1.24 bits per heavy atom. The summed E-state index contributed by atoms with van der Waals surface area (Å²) < 4.78 is 0. The van der Waals surface area contributed by atoms with Crippen molar-refractivity contribution in [3.05, 3.63) is 65.7 Å². The van der Waals surface area contributed by atoms with Gasteiger partial charge in [-0.1, -0.05) is 64.1 Å². The van der Waals surface area contributed by atoms with Crippen LogP contribution in [0.15, 0.2) is 59.6 Å². The van der Waals surface area contributed by atoms with E-state index in [9.17, 15) is 57.8 Å². The Morgan fingerprint density at radius 1 is 0.703 bits per heavy atom. The number of aromatic hydroxyl groups is 1. The third-order valence-corrected chi connectivity index (χ3v) is 13.6. The number of primary amides is 3. The molecular weight excluding hydrogens is 1010 g/mol. The highest BCUT2D eigenvalue weighted by Crippen LogP contribution is 2.24. The van der Waals surface area contributed by atoms with E-state index in [-0.39, 0.29) is 55.4 Å². The van der Waals surface area contributed by atoms with Crippen LogP contribution in [0.1, 0.15) is 50.2 Å². The average molecular weight is 1070 g/mol. The lowest BCUT2D eigenvalue weighted by atomic mass is 10.0. The number of rotatable bonds is 20. The Bertz CT molecular complexity index is 2360. The molecule has 20 N–H and O–H groups in total. The Hall–Kier alpha value is -7.66. The number of hydrogen-bond donors (Lipinski definition) is 14. The summed E-state index contributed by atoms with van der Waals surface area (Å²) in [4.78, 5) is 152. The molecule has 3 rings (SSSR count). The number of amides is 11. The third kappa shape index (κ3) is 21.2. The van der Waals surface area contributed by atoms with Crippen LogP contribution in [0.5, 0.6) is 5.75 Å². The Labute approximate surface area is 433 Å². The fourth-order valence-corrected chi connectivity index (χ4v) is 9.21. The van der Waals surface area contributed by atoms with Crippen molar-refractivity contribution in [1.82, 2.24) is 42.1 Å². The molecule has 1 saturated heterocycles. The minimum absolute atomic E-state index is 0.0230. The molecule has 27 nitrogen and oxygen atoms in total. The summed E-state index contributed by atoms with van der Waals surface area (Å²) in [6.07, 6.45) is -1.88. The lowest BCUT2D eigenvalue weighted by Gasteiger charge is -2.31. The molecule has 1 fully saturated rings. The van der Waals surface area contributed by atoms with E-state index in [2.05, 4.69) is 42.2 Å². The number of guanidine groups is 1. The van der Waals surface area contributed by atoms with Crippen LogP contribution in [0, 0.1) is 0 Å². The first-order chi connectivity index (χ1) is 34.9. The van der Waals surface area contributed by atoms with E-state index in [1.54, 1.807) is 30.3 Å². The van der Waals surface area contributed by atoms with Crippen LogP contribution in [-0.2, 0) is 65.6 Å². The largest absolute Gasteiger partial charge is 0.508 e. The fourth-order valence-electron chi connectivity index (χ4n) is 6.93. The summed E-state index contributed by atoms with van der Waals surface area (Å²) in [6.45, 7) is 0.841. The lowest BCUT2D eigenvalue weighted by molar-refractivity contribution is -0.142. The van der Waals surface area contributed by atoms with Gasteiger partial charge in [0.15, 0.2) is 5.96 Å². The van der Waals surface area contributed by atoms with Gasteiger partial charge in [0.2, 0.25) is 65.0 Å². The minimum atomic E-state index is -1.81. The monoisotopic (exact) mass is 1070 g/mol. The first kappa shape index (κ1) is 60.6. The smallest absolute Gasteiger partial charge is 0.246 e. The van der Waals surface area contributed by atoms with Gasteiger partial charge in [0.25, 0.3) is 0 Å². The van der Waals surface area contributed by atoms with Gasteiger partial charge in [0.05, 0.1) is 19.0 Å². The van der Waals surface area contributed by atoms with Crippen molar-refractivity contribution in [2.45, 2.75) is 100 Å². The highest BCUT2D eigenvalue weighted by molar-refractivity contribution is 8.76. The predicted octanol–water partition coefficient (Wildman–Crippen LogP) is -5.55. The van der Waals surface area contributed by atoms with Gasteiger partial charge >= 0.3 is 0 Å². The number of likely N-dealkylation sites (N-methyl/N-ethyl adjacent to an activating group) is 1. The van der Waals surface area contributed by atoms with Crippen LogP contribution in [0.4, 0.5) is 0 Å². The van der Waals surface area contributed by atoms with Crippen molar-refractivity contribution in [2.24, 2.45) is 39.4 Å². The summed E-state index contributed by atoms with van der Waals surface area (Å²) in [5, 5.41) is 27.4. The van der Waals surface area contributed by atoms with Gasteiger partial charge in [-0.25, -0.2) is 0 Å². The molecule has 0 radical (unpaired) electrons. The predicted molar refractivity (Wildman–Crippen MR) is 273 cm³/mol. The molecular formula is C45H65N15O12S2. The molecule has 1 aliphatic rings. The molecule has 0 unspecified atom stereocenters. The number of nitrogens with one attached hydrogen (secondary N) is 7. The molecule has 11 amide bonds. The van der Waals surface area contributed by atoms with Crippen molar-refractivity contribution in [1.29, 1.82) is 0 Å². The van der Waals surface area contributed by atoms with Crippen molar-refractivity contribution >= 4 is 92.5 Å². The number of carbonyl (C=O) groups is 11. The number of carbonyl (C=O) groups excluding carboxylic acids is 11. The van der Waals surface area contributed by atoms with Crippen LogP contribution in [0.2, 0.25) is 0 Å². The third-order valence-electron chi connectivity index (χ3n) is 11.1. The number of phenolic OH excluding ortho intramolecular Hbond substituents is 1. The molecule has 0 spiro atoms. The summed E-state index contributed by atoms with van der Waals surface area (Å²) in [6, 6.07) is 2.47. The second-order valence-corrected chi connectivity index (χ2v) is 19.6. The highest BCUT2D eigenvalue weighted by atomic mass is 33.1. The topological polar surface area (TPSA) is 464 Å².